The lowest BCUT2D eigenvalue weighted by Crippen LogP contribution is -2.34. The summed E-state index contributed by atoms with van der Waals surface area (Å²) in [4.78, 5) is 11.0. The minimum atomic E-state index is -0.964. The van der Waals surface area contributed by atoms with E-state index in [1.165, 1.54) is 6.92 Å². The number of ether oxygens (including phenoxy) is 4. The monoisotopic (exact) mass is 324 g/mol. The van der Waals surface area contributed by atoms with Crippen molar-refractivity contribution < 1.29 is 34.0 Å². The number of aliphatic hydroxyl groups is 2. The second kappa shape index (κ2) is 6.74. The zero-order valence-electron chi connectivity index (χ0n) is 12.8. The third-order valence-electron chi connectivity index (χ3n) is 4.24. The van der Waals surface area contributed by atoms with Gasteiger partial charge in [-0.3, -0.25) is 4.79 Å². The smallest absolute Gasteiger partial charge is 0.302 e. The number of rotatable bonds is 5. The van der Waals surface area contributed by atoms with Gasteiger partial charge in [0.1, 0.15) is 0 Å². The van der Waals surface area contributed by atoms with Crippen LogP contribution in [0.3, 0.4) is 0 Å². The van der Waals surface area contributed by atoms with Gasteiger partial charge in [-0.15, -0.1) is 0 Å². The van der Waals surface area contributed by atoms with E-state index in [1.807, 2.05) is 12.1 Å². The van der Waals surface area contributed by atoms with Crippen molar-refractivity contribution in [3.63, 3.8) is 0 Å². The van der Waals surface area contributed by atoms with Crippen LogP contribution in [0.15, 0.2) is 18.2 Å². The molecule has 2 aliphatic rings. The first-order valence-corrected chi connectivity index (χ1v) is 7.53. The van der Waals surface area contributed by atoms with E-state index in [9.17, 15) is 15.0 Å². The average Bonchev–Trinajstić information content (AvgIpc) is 3.17. The zero-order chi connectivity index (χ0) is 16.4. The van der Waals surface area contributed by atoms with E-state index in [2.05, 4.69) is 0 Å². The Morgan fingerprint density at radius 2 is 2.17 bits per heavy atom. The third kappa shape index (κ3) is 3.26. The molecule has 0 aromatic heterocycles. The fraction of sp³-hybridized carbons (Fsp3) is 0.562. The molecule has 2 N–H and O–H groups in total. The van der Waals surface area contributed by atoms with Crippen LogP contribution < -0.4 is 9.47 Å². The van der Waals surface area contributed by atoms with E-state index >= 15 is 0 Å². The molecule has 3 rings (SSSR count). The summed E-state index contributed by atoms with van der Waals surface area (Å²) in [5, 5.41) is 19.5. The lowest BCUT2D eigenvalue weighted by atomic mass is 9.83. The van der Waals surface area contributed by atoms with Gasteiger partial charge in [0.2, 0.25) is 6.79 Å². The minimum absolute atomic E-state index is 0.151. The number of aliphatic hydroxyl groups excluding tert-OH is 2. The van der Waals surface area contributed by atoms with Crippen LogP contribution in [0.1, 0.15) is 18.6 Å². The molecule has 7 nitrogen and oxygen atoms in total. The summed E-state index contributed by atoms with van der Waals surface area (Å²) in [6.45, 7) is 1.63. The van der Waals surface area contributed by atoms with E-state index in [0.29, 0.717) is 18.1 Å². The summed E-state index contributed by atoms with van der Waals surface area (Å²) in [7, 11) is 0. The summed E-state index contributed by atoms with van der Waals surface area (Å²) in [6, 6.07) is 5.46. The van der Waals surface area contributed by atoms with Crippen LogP contribution in [0.2, 0.25) is 0 Å². The van der Waals surface area contributed by atoms with Crippen molar-refractivity contribution in [2.45, 2.75) is 19.1 Å². The van der Waals surface area contributed by atoms with Crippen LogP contribution in [-0.2, 0) is 14.3 Å². The Hall–Kier alpha value is -1.83. The molecule has 1 saturated heterocycles. The van der Waals surface area contributed by atoms with Gasteiger partial charge in [-0.1, -0.05) is 6.07 Å². The highest BCUT2D eigenvalue weighted by Gasteiger charge is 2.43. The highest BCUT2D eigenvalue weighted by atomic mass is 16.7. The van der Waals surface area contributed by atoms with Crippen molar-refractivity contribution in [3.8, 4) is 11.5 Å². The van der Waals surface area contributed by atoms with E-state index in [-0.39, 0.29) is 37.8 Å². The molecule has 2 heterocycles. The Labute approximate surface area is 133 Å². The number of hydrogen-bond acceptors (Lipinski definition) is 7. The van der Waals surface area contributed by atoms with Crippen molar-refractivity contribution in [3.05, 3.63) is 23.8 Å². The van der Waals surface area contributed by atoms with Crippen molar-refractivity contribution in [2.75, 3.05) is 26.6 Å². The maximum Gasteiger partial charge on any atom is 0.302 e. The molecule has 1 fully saturated rings. The Kier molecular flexibility index (Phi) is 4.70. The number of benzene rings is 1. The molecule has 0 saturated carbocycles. The number of hydrogen-bond donors (Lipinski definition) is 2. The maximum atomic E-state index is 11.0. The van der Waals surface area contributed by atoms with Gasteiger partial charge in [-0.25, -0.2) is 0 Å². The van der Waals surface area contributed by atoms with Crippen LogP contribution in [0.4, 0.5) is 0 Å². The number of fused-ring (bicyclic) bond motifs is 1. The first kappa shape index (κ1) is 16.0. The van der Waals surface area contributed by atoms with Crippen molar-refractivity contribution in [2.24, 2.45) is 11.8 Å². The molecule has 2 aliphatic heterocycles. The van der Waals surface area contributed by atoms with Crippen molar-refractivity contribution in [1.29, 1.82) is 0 Å². The number of carbonyl (C=O) groups excluding carboxylic acids is 1. The number of carbonyl (C=O) groups is 1. The summed E-state index contributed by atoms with van der Waals surface area (Å²) >= 11 is 0. The molecule has 0 radical (unpaired) electrons. The highest BCUT2D eigenvalue weighted by molar-refractivity contribution is 5.65. The van der Waals surface area contributed by atoms with Crippen LogP contribution in [-0.4, -0.2) is 48.9 Å². The van der Waals surface area contributed by atoms with Crippen LogP contribution >= 0.6 is 0 Å². The summed E-state index contributed by atoms with van der Waals surface area (Å²) in [6.07, 6.45) is -1.37. The fourth-order valence-corrected chi connectivity index (χ4v) is 3.13. The van der Waals surface area contributed by atoms with Gasteiger partial charge >= 0.3 is 5.97 Å². The summed E-state index contributed by atoms with van der Waals surface area (Å²) in [5.41, 5.74) is 0.831. The van der Waals surface area contributed by atoms with Gasteiger partial charge in [-0.05, 0) is 17.7 Å². The predicted molar refractivity (Wildman–Crippen MR) is 78.0 cm³/mol. The molecule has 1 unspecified atom stereocenters. The average molecular weight is 324 g/mol. The van der Waals surface area contributed by atoms with Gasteiger partial charge < -0.3 is 29.2 Å². The molecule has 1 aromatic rings. The van der Waals surface area contributed by atoms with Gasteiger partial charge in [0, 0.05) is 18.8 Å². The molecule has 23 heavy (non-hydrogen) atoms. The normalized spacial score (nSPS) is 27.0. The Bertz CT molecular complexity index is 574. The topological polar surface area (TPSA) is 94.5 Å². The number of esters is 1. The standard InChI is InChI=1S/C16H20O7/c1-9(18)20-6-11-7-21-16(15(11)12(19)5-17)10-2-3-13-14(4-10)23-8-22-13/h2-4,11-12,15-17,19H,5-8H2,1H3/t11-,12?,15-,16-/m1/s1. The SMILES string of the molecule is CC(=O)OC[C@@H]1CO[C@H](c2ccc3c(c2)OCO3)[C@H]1C(O)CO. The van der Waals surface area contributed by atoms with Crippen LogP contribution in [0.5, 0.6) is 11.5 Å². The first-order valence-electron chi connectivity index (χ1n) is 7.53. The summed E-state index contributed by atoms with van der Waals surface area (Å²) in [5.74, 6) is 0.360. The van der Waals surface area contributed by atoms with E-state index < -0.39 is 12.2 Å². The highest BCUT2D eigenvalue weighted by Crippen LogP contribution is 2.43. The largest absolute Gasteiger partial charge is 0.465 e. The molecule has 0 spiro atoms. The van der Waals surface area contributed by atoms with Crippen molar-refractivity contribution >= 4 is 5.97 Å². The Balaban J connectivity index is 1.81. The maximum absolute atomic E-state index is 11.0. The minimum Gasteiger partial charge on any atom is -0.465 e. The van der Waals surface area contributed by atoms with Crippen LogP contribution in [0, 0.1) is 11.8 Å². The molecule has 0 aliphatic carbocycles. The lowest BCUT2D eigenvalue weighted by molar-refractivity contribution is -0.143. The fourth-order valence-electron chi connectivity index (χ4n) is 3.13. The molecule has 1 aromatic carbocycles. The second-order valence-electron chi connectivity index (χ2n) is 5.76. The van der Waals surface area contributed by atoms with Gasteiger partial charge in [0.15, 0.2) is 11.5 Å². The van der Waals surface area contributed by atoms with E-state index in [0.717, 1.165) is 5.56 Å². The molecule has 0 amide bonds. The third-order valence-corrected chi connectivity index (χ3v) is 4.24. The quantitative estimate of drug-likeness (QED) is 0.767. The Morgan fingerprint density at radius 1 is 1.39 bits per heavy atom. The van der Waals surface area contributed by atoms with E-state index in [4.69, 9.17) is 18.9 Å². The zero-order valence-corrected chi connectivity index (χ0v) is 12.8. The lowest BCUT2D eigenvalue weighted by Gasteiger charge is -2.26. The van der Waals surface area contributed by atoms with Gasteiger partial charge in [-0.2, -0.15) is 0 Å². The molecule has 4 atom stereocenters. The first-order chi connectivity index (χ1) is 11.1. The second-order valence-corrected chi connectivity index (χ2v) is 5.76. The van der Waals surface area contributed by atoms with E-state index in [1.54, 1.807) is 6.07 Å². The van der Waals surface area contributed by atoms with Crippen LogP contribution in [0.25, 0.3) is 0 Å². The molecular weight excluding hydrogens is 304 g/mol. The molecule has 0 bridgehead atoms. The molecule has 7 heteroatoms. The van der Waals surface area contributed by atoms with Crippen molar-refractivity contribution in [1.82, 2.24) is 0 Å². The molecule has 126 valence electrons. The Morgan fingerprint density at radius 3 is 2.91 bits per heavy atom. The molecular formula is C16H20O7. The summed E-state index contributed by atoms with van der Waals surface area (Å²) < 4.78 is 21.5. The van der Waals surface area contributed by atoms with Gasteiger partial charge in [0.25, 0.3) is 0 Å². The van der Waals surface area contributed by atoms with Gasteiger partial charge in [0.05, 0.1) is 32.0 Å². The predicted octanol–water partition coefficient (Wildman–Crippen LogP) is 0.635.